The van der Waals surface area contributed by atoms with E-state index in [4.69, 9.17) is 27.9 Å². The van der Waals surface area contributed by atoms with Crippen molar-refractivity contribution < 1.29 is 23.9 Å². The van der Waals surface area contributed by atoms with Crippen LogP contribution in [0.1, 0.15) is 13.8 Å². The number of hydrogen-bond donors (Lipinski definition) is 2. The number of halogens is 2. The highest BCUT2D eigenvalue weighted by Gasteiger charge is 2.56. The highest BCUT2D eigenvalue weighted by atomic mass is 35.5. The lowest BCUT2D eigenvalue weighted by Crippen LogP contribution is -2.76. The Morgan fingerprint density at radius 2 is 1.29 bits per heavy atom. The lowest BCUT2D eigenvalue weighted by molar-refractivity contribution is -1.17. The van der Waals surface area contributed by atoms with Gasteiger partial charge in [-0.2, -0.15) is 0 Å². The molecule has 0 saturated heterocycles. The van der Waals surface area contributed by atoms with Crippen LogP contribution in [-0.4, -0.2) is 96.9 Å². The summed E-state index contributed by atoms with van der Waals surface area (Å²) < 4.78 is 6.91. The van der Waals surface area contributed by atoms with E-state index in [-0.39, 0.29) is 11.8 Å². The molecule has 0 fully saturated rings. The van der Waals surface area contributed by atoms with Crippen LogP contribution in [0.5, 0.6) is 0 Å². The van der Waals surface area contributed by atoms with Gasteiger partial charge in [-0.05, 0) is 6.92 Å². The van der Waals surface area contributed by atoms with Crippen molar-refractivity contribution in [2.24, 2.45) is 0 Å². The van der Waals surface area contributed by atoms with Crippen LogP contribution < -0.4 is 0 Å². The molecule has 0 aromatic carbocycles. The second-order valence-corrected chi connectivity index (χ2v) is 7.34. The predicted octanol–water partition coefficient (Wildman–Crippen LogP) is 1.05. The van der Waals surface area contributed by atoms with E-state index in [1.165, 1.54) is 0 Å². The molecule has 0 bridgehead atoms. The van der Waals surface area contributed by atoms with Crippen LogP contribution in [0.2, 0.25) is 0 Å². The normalized spacial score (nSPS) is 19.1. The molecule has 21 heavy (non-hydrogen) atoms. The molecule has 0 radical (unpaired) electrons. The van der Waals surface area contributed by atoms with Gasteiger partial charge in [0.25, 0.3) is 0 Å². The number of nitrogens with zero attached hydrogens (tertiary/aromatic N) is 2. The molecule has 0 amide bonds. The molecular weight excluding hydrogens is 315 g/mol. The molecule has 0 rings (SSSR count). The van der Waals surface area contributed by atoms with Gasteiger partial charge in [-0.15, -0.1) is 23.2 Å². The molecule has 5 nitrogen and oxygen atoms in total. The van der Waals surface area contributed by atoms with E-state index in [1.807, 2.05) is 42.0 Å². The Morgan fingerprint density at radius 1 is 0.952 bits per heavy atom. The van der Waals surface area contributed by atoms with E-state index in [0.717, 1.165) is 0 Å². The Hall–Kier alpha value is 0.380. The molecule has 0 saturated carbocycles. The lowest BCUT2D eigenvalue weighted by atomic mass is 10.2. The molecule has 0 aliphatic carbocycles. The van der Waals surface area contributed by atoms with Crippen molar-refractivity contribution in [1.29, 1.82) is 0 Å². The fourth-order valence-corrected chi connectivity index (χ4v) is 3.04. The van der Waals surface area contributed by atoms with Gasteiger partial charge in [0.2, 0.25) is 0 Å². The first-order chi connectivity index (χ1) is 9.47. The summed E-state index contributed by atoms with van der Waals surface area (Å²) in [4.78, 5) is 0. The average molecular weight is 347 g/mol. The van der Waals surface area contributed by atoms with E-state index in [2.05, 4.69) is 0 Å². The van der Waals surface area contributed by atoms with Crippen molar-refractivity contribution >= 4 is 23.2 Å². The van der Waals surface area contributed by atoms with Crippen molar-refractivity contribution in [1.82, 2.24) is 0 Å². The van der Waals surface area contributed by atoms with Crippen molar-refractivity contribution in [3.63, 3.8) is 0 Å². The number of likely N-dealkylation sites (N-methyl/N-ethyl adjacent to an activating group) is 2. The van der Waals surface area contributed by atoms with Crippen LogP contribution in [0.15, 0.2) is 0 Å². The van der Waals surface area contributed by atoms with E-state index >= 15 is 0 Å². The summed E-state index contributed by atoms with van der Waals surface area (Å²) in [7, 11) is 7.99. The number of hydrogen-bond acceptors (Lipinski definition) is 3. The Kier molecular flexibility index (Phi) is 8.44. The predicted molar refractivity (Wildman–Crippen MR) is 87.4 cm³/mol. The highest BCUT2D eigenvalue weighted by Crippen LogP contribution is 2.32. The quantitative estimate of drug-likeness (QED) is 0.353. The van der Waals surface area contributed by atoms with Crippen LogP contribution in [0, 0.1) is 0 Å². The molecule has 0 spiro atoms. The van der Waals surface area contributed by atoms with Gasteiger partial charge in [-0.3, -0.25) is 4.74 Å². The zero-order chi connectivity index (χ0) is 16.9. The van der Waals surface area contributed by atoms with Gasteiger partial charge < -0.3 is 10.2 Å². The van der Waals surface area contributed by atoms with Gasteiger partial charge >= 0.3 is 5.85 Å². The first-order valence-electron chi connectivity index (χ1n) is 7.25. The maximum absolute atomic E-state index is 9.94. The van der Waals surface area contributed by atoms with Crippen molar-refractivity contribution in [3.05, 3.63) is 0 Å². The zero-order valence-corrected chi connectivity index (χ0v) is 15.7. The molecular formula is C14H32Cl2N2O3+2. The van der Waals surface area contributed by atoms with Gasteiger partial charge in [-0.25, -0.2) is 8.97 Å². The first-order valence-corrected chi connectivity index (χ1v) is 8.32. The molecule has 0 aromatic rings. The maximum Gasteiger partial charge on any atom is 0.338 e. The zero-order valence-electron chi connectivity index (χ0n) is 14.1. The van der Waals surface area contributed by atoms with E-state index in [0.29, 0.717) is 28.7 Å². The third kappa shape index (κ3) is 5.20. The fraction of sp³-hybridized carbons (Fsp3) is 1.00. The Balaban J connectivity index is 5.47. The molecule has 7 heteroatoms. The highest BCUT2D eigenvalue weighted by molar-refractivity contribution is 6.18. The number of quaternary nitrogens is 2. The summed E-state index contributed by atoms with van der Waals surface area (Å²) in [5.41, 5.74) is 0. The van der Waals surface area contributed by atoms with Gasteiger partial charge in [0.15, 0.2) is 0 Å². The van der Waals surface area contributed by atoms with Gasteiger partial charge in [-0.1, -0.05) is 0 Å². The summed E-state index contributed by atoms with van der Waals surface area (Å²) in [6.45, 7) is 5.39. The largest absolute Gasteiger partial charge is 0.386 e. The van der Waals surface area contributed by atoms with Crippen molar-refractivity contribution in [2.45, 2.75) is 31.9 Å². The topological polar surface area (TPSA) is 49.7 Å². The summed E-state index contributed by atoms with van der Waals surface area (Å²) in [6.07, 6.45) is -1.22. The minimum atomic E-state index is -0.658. The third-order valence-corrected chi connectivity index (χ3v) is 5.07. The number of aliphatic hydroxyl groups excluding tert-OH is 2. The van der Waals surface area contributed by atoms with Crippen molar-refractivity contribution in [3.8, 4) is 0 Å². The van der Waals surface area contributed by atoms with Crippen molar-refractivity contribution in [2.75, 3.05) is 59.6 Å². The van der Waals surface area contributed by atoms with E-state index in [9.17, 15) is 10.2 Å². The van der Waals surface area contributed by atoms with Crippen LogP contribution in [-0.2, 0) is 4.74 Å². The third-order valence-electron chi connectivity index (χ3n) is 4.35. The smallest absolute Gasteiger partial charge is 0.338 e. The van der Waals surface area contributed by atoms with Gasteiger partial charge in [0, 0.05) is 0 Å². The second-order valence-electron chi connectivity index (χ2n) is 6.72. The average Bonchev–Trinajstić information content (AvgIpc) is 2.37. The number of aliphatic hydroxyl groups is 2. The van der Waals surface area contributed by atoms with Crippen LogP contribution in [0.3, 0.4) is 0 Å². The molecule has 2 N–H and O–H groups in total. The lowest BCUT2D eigenvalue weighted by Gasteiger charge is -2.53. The first kappa shape index (κ1) is 21.4. The monoisotopic (exact) mass is 346 g/mol. The summed E-state index contributed by atoms with van der Waals surface area (Å²) in [5, 5.41) is 19.9. The van der Waals surface area contributed by atoms with Gasteiger partial charge in [0.05, 0.1) is 53.5 Å². The Morgan fingerprint density at radius 3 is 1.52 bits per heavy atom. The van der Waals surface area contributed by atoms with E-state index < -0.39 is 18.1 Å². The summed E-state index contributed by atoms with van der Waals surface area (Å²) in [5.74, 6) is -0.294. The summed E-state index contributed by atoms with van der Waals surface area (Å²) in [6, 6.07) is 0. The maximum atomic E-state index is 9.94. The summed E-state index contributed by atoms with van der Waals surface area (Å²) >= 11 is 11.5. The minimum Gasteiger partial charge on any atom is -0.386 e. The molecule has 2 unspecified atom stereocenters. The fourth-order valence-electron chi connectivity index (χ4n) is 2.85. The standard InChI is InChI=1S/C14H32Cl2N2O3/c1-7-21-14(2,17(3,4)10-12(19)8-15)18(5,6)11-13(20)9-16/h12-13,19-20H,7-11H2,1-6H3/q+2. The SMILES string of the molecule is CCOC(C)([N+](C)(C)CC(O)CCl)[N+](C)(C)CC(O)CCl. The molecule has 0 aliphatic heterocycles. The molecule has 0 heterocycles. The molecule has 2 atom stereocenters. The van der Waals surface area contributed by atoms with Crippen LogP contribution in [0.4, 0.5) is 0 Å². The molecule has 128 valence electrons. The number of ether oxygens (including phenoxy) is 1. The number of rotatable bonds is 10. The Labute approximate surface area is 139 Å². The molecule has 0 aromatic heterocycles. The van der Waals surface area contributed by atoms with E-state index in [1.54, 1.807) is 0 Å². The van der Waals surface area contributed by atoms with Gasteiger partial charge in [0.1, 0.15) is 25.3 Å². The Bertz CT molecular complexity index is 291. The minimum absolute atomic E-state index is 0.182. The number of alkyl halides is 2. The van der Waals surface area contributed by atoms with Crippen LogP contribution in [0.25, 0.3) is 0 Å². The van der Waals surface area contributed by atoms with Crippen LogP contribution >= 0.6 is 23.2 Å². The second kappa shape index (κ2) is 8.29. The molecule has 0 aliphatic rings.